The molecular formula is C20H20N2O4. The maximum absolute atomic E-state index is 12.5. The summed E-state index contributed by atoms with van der Waals surface area (Å²) in [7, 11) is 0. The number of hydrogen-bond donors (Lipinski definition) is 2. The lowest BCUT2D eigenvalue weighted by Crippen LogP contribution is -2.51. The number of rotatable bonds is 5. The van der Waals surface area contributed by atoms with Crippen molar-refractivity contribution in [3.63, 3.8) is 0 Å². The van der Waals surface area contributed by atoms with Crippen LogP contribution < -0.4 is 10.1 Å². The van der Waals surface area contributed by atoms with Crippen LogP contribution in [0, 0.1) is 11.3 Å². The molecule has 134 valence electrons. The third-order valence-corrected chi connectivity index (χ3v) is 4.26. The minimum atomic E-state index is -0.292. The Morgan fingerprint density at radius 3 is 2.85 bits per heavy atom. The lowest BCUT2D eigenvalue weighted by Gasteiger charge is -2.32. The van der Waals surface area contributed by atoms with E-state index in [1.54, 1.807) is 48.5 Å². The van der Waals surface area contributed by atoms with Crippen LogP contribution in [0.3, 0.4) is 0 Å². The second-order valence-electron chi connectivity index (χ2n) is 6.09. The van der Waals surface area contributed by atoms with Crippen LogP contribution in [0.4, 0.5) is 0 Å². The van der Waals surface area contributed by atoms with Gasteiger partial charge in [-0.15, -0.1) is 0 Å². The number of nitrogens with one attached hydrogen (secondary N) is 1. The van der Waals surface area contributed by atoms with E-state index in [-0.39, 0.29) is 24.7 Å². The van der Waals surface area contributed by atoms with Crippen LogP contribution in [-0.2, 0) is 11.3 Å². The molecule has 1 aliphatic heterocycles. The van der Waals surface area contributed by atoms with Gasteiger partial charge in [-0.1, -0.05) is 18.2 Å². The van der Waals surface area contributed by atoms with Crippen molar-refractivity contribution in [1.29, 1.82) is 5.26 Å². The van der Waals surface area contributed by atoms with E-state index in [0.717, 1.165) is 5.56 Å². The molecule has 0 unspecified atom stereocenters. The lowest BCUT2D eigenvalue weighted by atomic mass is 10.0. The van der Waals surface area contributed by atoms with Gasteiger partial charge >= 0.3 is 0 Å². The topological polar surface area (TPSA) is 91.6 Å². The Kier molecular flexibility index (Phi) is 5.84. The Balaban J connectivity index is 1.68. The van der Waals surface area contributed by atoms with Crippen molar-refractivity contribution in [1.82, 2.24) is 5.32 Å². The number of nitrogens with zero attached hydrogens (tertiary/aromatic N) is 1. The first-order chi connectivity index (χ1) is 12.7. The largest absolute Gasteiger partial charge is 0.488 e. The van der Waals surface area contributed by atoms with Gasteiger partial charge in [-0.2, -0.15) is 5.26 Å². The van der Waals surface area contributed by atoms with Crippen molar-refractivity contribution in [3.8, 4) is 11.8 Å². The van der Waals surface area contributed by atoms with Gasteiger partial charge in [0, 0.05) is 12.0 Å². The lowest BCUT2D eigenvalue weighted by molar-refractivity contribution is -0.00289. The highest BCUT2D eigenvalue weighted by molar-refractivity contribution is 5.94. The highest BCUT2D eigenvalue weighted by Crippen LogP contribution is 2.19. The molecular weight excluding hydrogens is 332 g/mol. The van der Waals surface area contributed by atoms with Crippen LogP contribution in [0.15, 0.2) is 48.5 Å². The Labute approximate surface area is 152 Å². The number of benzene rings is 2. The van der Waals surface area contributed by atoms with Crippen LogP contribution >= 0.6 is 0 Å². The zero-order valence-electron chi connectivity index (χ0n) is 14.2. The number of aliphatic hydroxyl groups is 1. The van der Waals surface area contributed by atoms with Crippen molar-refractivity contribution in [2.45, 2.75) is 25.2 Å². The van der Waals surface area contributed by atoms with Gasteiger partial charge in [-0.25, -0.2) is 0 Å². The van der Waals surface area contributed by atoms with Gasteiger partial charge in [-0.3, -0.25) is 4.79 Å². The fraction of sp³-hybridized carbons (Fsp3) is 0.300. The normalized spacial score (nSPS) is 19.4. The summed E-state index contributed by atoms with van der Waals surface area (Å²) in [6.45, 7) is 0.913. The molecule has 1 heterocycles. The van der Waals surface area contributed by atoms with E-state index in [1.165, 1.54) is 0 Å². The van der Waals surface area contributed by atoms with E-state index in [9.17, 15) is 4.79 Å². The average molecular weight is 352 g/mol. The van der Waals surface area contributed by atoms with E-state index in [4.69, 9.17) is 19.8 Å². The molecule has 1 fully saturated rings. The molecule has 6 heteroatoms. The molecule has 0 saturated carbocycles. The Morgan fingerprint density at radius 1 is 1.31 bits per heavy atom. The van der Waals surface area contributed by atoms with Crippen LogP contribution in [0.1, 0.15) is 27.9 Å². The number of carbonyl (C=O) groups is 1. The fourth-order valence-electron chi connectivity index (χ4n) is 2.82. The number of nitriles is 1. The molecule has 2 aromatic carbocycles. The quantitative estimate of drug-likeness (QED) is 0.859. The SMILES string of the molecule is N#Cc1cccc(C(=O)N[C@@H]2COCC[C@H]2Oc2ccc(CO)cc2)c1. The van der Waals surface area contributed by atoms with E-state index in [1.807, 2.05) is 6.07 Å². The molecule has 1 amide bonds. The van der Waals surface area contributed by atoms with Gasteiger partial charge in [0.05, 0.1) is 37.5 Å². The summed E-state index contributed by atoms with van der Waals surface area (Å²) >= 11 is 0. The first-order valence-corrected chi connectivity index (χ1v) is 8.45. The summed E-state index contributed by atoms with van der Waals surface area (Å²) in [4.78, 5) is 12.5. The zero-order chi connectivity index (χ0) is 18.4. The highest BCUT2D eigenvalue weighted by atomic mass is 16.5. The van der Waals surface area contributed by atoms with Gasteiger partial charge < -0.3 is 19.9 Å². The monoisotopic (exact) mass is 352 g/mol. The summed E-state index contributed by atoms with van der Waals surface area (Å²) in [5.74, 6) is 0.418. The first-order valence-electron chi connectivity index (χ1n) is 8.45. The number of ether oxygens (including phenoxy) is 2. The summed E-state index contributed by atoms with van der Waals surface area (Å²) in [5, 5.41) is 21.0. The van der Waals surface area contributed by atoms with E-state index in [2.05, 4.69) is 5.32 Å². The number of hydrogen-bond acceptors (Lipinski definition) is 5. The molecule has 0 radical (unpaired) electrons. The molecule has 0 spiro atoms. The molecule has 2 aromatic rings. The summed E-state index contributed by atoms with van der Waals surface area (Å²) in [6.07, 6.45) is 0.442. The molecule has 2 N–H and O–H groups in total. The molecule has 3 rings (SSSR count). The third-order valence-electron chi connectivity index (χ3n) is 4.26. The van der Waals surface area contributed by atoms with Crippen LogP contribution in [-0.4, -0.2) is 36.4 Å². The Bertz CT molecular complexity index is 798. The second kappa shape index (κ2) is 8.48. The number of amides is 1. The zero-order valence-corrected chi connectivity index (χ0v) is 14.2. The average Bonchev–Trinajstić information content (AvgIpc) is 2.70. The van der Waals surface area contributed by atoms with E-state index in [0.29, 0.717) is 36.5 Å². The highest BCUT2D eigenvalue weighted by Gasteiger charge is 2.29. The fourth-order valence-corrected chi connectivity index (χ4v) is 2.82. The molecule has 0 aromatic heterocycles. The maximum Gasteiger partial charge on any atom is 0.251 e. The molecule has 0 bridgehead atoms. The summed E-state index contributed by atoms with van der Waals surface area (Å²) in [6, 6.07) is 15.5. The van der Waals surface area contributed by atoms with Gasteiger partial charge in [0.15, 0.2) is 0 Å². The molecule has 6 nitrogen and oxygen atoms in total. The van der Waals surface area contributed by atoms with Crippen molar-refractivity contribution < 1.29 is 19.4 Å². The second-order valence-corrected chi connectivity index (χ2v) is 6.09. The van der Waals surface area contributed by atoms with Gasteiger partial charge in [0.2, 0.25) is 0 Å². The smallest absolute Gasteiger partial charge is 0.251 e. The van der Waals surface area contributed by atoms with Gasteiger partial charge in [-0.05, 0) is 35.9 Å². The predicted molar refractivity (Wildman–Crippen MR) is 94.6 cm³/mol. The van der Waals surface area contributed by atoms with Gasteiger partial charge in [0.25, 0.3) is 5.91 Å². The number of carbonyl (C=O) groups excluding carboxylic acids is 1. The number of aliphatic hydroxyl groups excluding tert-OH is 1. The van der Waals surface area contributed by atoms with Crippen molar-refractivity contribution in [3.05, 3.63) is 65.2 Å². The molecule has 1 aliphatic rings. The molecule has 0 aliphatic carbocycles. The predicted octanol–water partition coefficient (Wildman–Crippen LogP) is 2.02. The van der Waals surface area contributed by atoms with Crippen molar-refractivity contribution in [2.75, 3.05) is 13.2 Å². The third kappa shape index (κ3) is 4.39. The van der Waals surface area contributed by atoms with Crippen LogP contribution in [0.2, 0.25) is 0 Å². The Hall–Kier alpha value is -2.88. The Morgan fingerprint density at radius 2 is 2.12 bits per heavy atom. The minimum absolute atomic E-state index is 0.0159. The first kappa shape index (κ1) is 17.9. The molecule has 2 atom stereocenters. The van der Waals surface area contributed by atoms with Crippen molar-refractivity contribution >= 4 is 5.91 Å². The summed E-state index contributed by atoms with van der Waals surface area (Å²) < 4.78 is 11.5. The summed E-state index contributed by atoms with van der Waals surface area (Å²) in [5.41, 5.74) is 1.68. The molecule has 26 heavy (non-hydrogen) atoms. The van der Waals surface area contributed by atoms with E-state index >= 15 is 0 Å². The molecule has 1 saturated heterocycles. The van der Waals surface area contributed by atoms with Crippen molar-refractivity contribution in [2.24, 2.45) is 0 Å². The van der Waals surface area contributed by atoms with Crippen LogP contribution in [0.5, 0.6) is 5.75 Å². The minimum Gasteiger partial charge on any atom is -0.488 e. The maximum atomic E-state index is 12.5. The van der Waals surface area contributed by atoms with Crippen LogP contribution in [0.25, 0.3) is 0 Å². The standard InChI is InChI=1S/C20H20N2O4/c21-11-15-2-1-3-16(10-15)20(24)22-18-13-25-9-8-19(18)26-17-6-4-14(12-23)5-7-17/h1-7,10,18-19,23H,8-9,12-13H2,(H,22,24)/t18-,19-/m1/s1. The van der Waals surface area contributed by atoms with Gasteiger partial charge in [0.1, 0.15) is 11.9 Å². The van der Waals surface area contributed by atoms with E-state index < -0.39 is 0 Å².